The van der Waals surface area contributed by atoms with Crippen LogP contribution in [-0.2, 0) is 14.9 Å². The Bertz CT molecular complexity index is 853. The molecule has 2 N–H and O–H groups in total. The fourth-order valence-electron chi connectivity index (χ4n) is 6.02. The number of aromatic hydroxyl groups is 2. The number of carbonyl (C=O) groups excluding carboxylic acids is 1. The molecule has 0 bridgehead atoms. The van der Waals surface area contributed by atoms with Crippen molar-refractivity contribution in [1.82, 2.24) is 0 Å². The lowest BCUT2D eigenvalue weighted by Gasteiger charge is -2.34. The highest BCUT2D eigenvalue weighted by atomic mass is 16.5. The Balaban J connectivity index is 1.93. The summed E-state index contributed by atoms with van der Waals surface area (Å²) in [5.74, 6) is -0.00869. The molecule has 1 saturated carbocycles. The van der Waals surface area contributed by atoms with E-state index in [1.807, 2.05) is 19.1 Å². The minimum atomic E-state index is -0.301. The van der Waals surface area contributed by atoms with Crippen LogP contribution in [0.2, 0.25) is 0 Å². The van der Waals surface area contributed by atoms with Gasteiger partial charge in [-0.25, -0.2) is 0 Å². The Morgan fingerprint density at radius 2 is 1.79 bits per heavy atom. The predicted molar refractivity (Wildman–Crippen MR) is 134 cm³/mol. The molecule has 1 fully saturated rings. The molecule has 4 nitrogen and oxygen atoms in total. The smallest absolute Gasteiger partial charge is 0.302 e. The maximum Gasteiger partial charge on any atom is 0.302 e. The molecule has 0 aromatic heterocycles. The van der Waals surface area contributed by atoms with Crippen LogP contribution in [0.5, 0.6) is 11.5 Å². The second kappa shape index (κ2) is 11.3. The number of rotatable bonds is 10. The van der Waals surface area contributed by atoms with Gasteiger partial charge in [-0.05, 0) is 73.6 Å². The third-order valence-corrected chi connectivity index (χ3v) is 7.87. The van der Waals surface area contributed by atoms with Crippen LogP contribution in [0.3, 0.4) is 0 Å². The number of hydrogen-bond donors (Lipinski definition) is 2. The first-order valence-electron chi connectivity index (χ1n) is 12.8. The van der Waals surface area contributed by atoms with E-state index in [-0.39, 0.29) is 41.3 Å². The van der Waals surface area contributed by atoms with Crippen LogP contribution in [0.15, 0.2) is 35.9 Å². The molecule has 0 saturated heterocycles. The summed E-state index contributed by atoms with van der Waals surface area (Å²) in [6, 6.07) is 3.84. The van der Waals surface area contributed by atoms with Crippen molar-refractivity contribution in [2.45, 2.75) is 103 Å². The number of phenolic OH excluding ortho intramolecular Hbond substituents is 2. The van der Waals surface area contributed by atoms with Gasteiger partial charge in [-0.15, -0.1) is 0 Å². The van der Waals surface area contributed by atoms with Gasteiger partial charge in [0.15, 0.2) is 0 Å². The molecular weight excluding hydrogens is 412 g/mol. The molecule has 0 heterocycles. The van der Waals surface area contributed by atoms with E-state index in [4.69, 9.17) is 4.74 Å². The number of carbonyl (C=O) groups is 1. The van der Waals surface area contributed by atoms with Crippen LogP contribution in [0.4, 0.5) is 0 Å². The lowest BCUT2D eigenvalue weighted by molar-refractivity contribution is -0.140. The first-order chi connectivity index (χ1) is 15.8. The van der Waals surface area contributed by atoms with E-state index < -0.39 is 0 Å². The number of ether oxygens (including phenoxy) is 1. The molecular formula is C29H42O4. The highest BCUT2D eigenvalue weighted by Crippen LogP contribution is 2.51. The number of allylic oxidation sites excluding steroid dienone is 2. The zero-order valence-electron chi connectivity index (χ0n) is 20.8. The summed E-state index contributed by atoms with van der Waals surface area (Å²) < 4.78 is 5.22. The van der Waals surface area contributed by atoms with Gasteiger partial charge < -0.3 is 14.9 Å². The Kier molecular flexibility index (Phi) is 8.67. The normalized spacial score (nSPS) is 22.1. The molecule has 0 spiro atoms. The van der Waals surface area contributed by atoms with Gasteiger partial charge in [-0.3, -0.25) is 4.79 Å². The van der Waals surface area contributed by atoms with Crippen molar-refractivity contribution in [2.24, 2.45) is 5.92 Å². The van der Waals surface area contributed by atoms with Crippen molar-refractivity contribution in [3.05, 3.63) is 47.1 Å². The van der Waals surface area contributed by atoms with Crippen LogP contribution in [-0.4, -0.2) is 22.8 Å². The summed E-state index contributed by atoms with van der Waals surface area (Å²) in [5.41, 5.74) is 3.79. The van der Waals surface area contributed by atoms with Crippen molar-refractivity contribution in [1.29, 1.82) is 0 Å². The third kappa shape index (κ3) is 6.02. The molecule has 0 radical (unpaired) electrons. The molecule has 0 amide bonds. The largest absolute Gasteiger partial charge is 0.507 e. The van der Waals surface area contributed by atoms with Gasteiger partial charge in [-0.2, -0.15) is 0 Å². The number of hydrogen-bond acceptors (Lipinski definition) is 4. The van der Waals surface area contributed by atoms with Gasteiger partial charge in [-0.1, -0.05) is 63.7 Å². The second-order valence-electron chi connectivity index (χ2n) is 10.3. The van der Waals surface area contributed by atoms with Crippen molar-refractivity contribution >= 4 is 5.97 Å². The molecule has 2 atom stereocenters. The predicted octanol–water partition coefficient (Wildman–Crippen LogP) is 7.44. The number of unbranched alkanes of at least 4 members (excludes halogenated alkanes) is 3. The molecule has 2 aliphatic rings. The van der Waals surface area contributed by atoms with E-state index in [0.29, 0.717) is 5.56 Å². The average Bonchev–Trinajstić information content (AvgIpc) is 3.25. The van der Waals surface area contributed by atoms with Crippen molar-refractivity contribution < 1.29 is 19.7 Å². The molecule has 182 valence electrons. The molecule has 1 aromatic carbocycles. The summed E-state index contributed by atoms with van der Waals surface area (Å²) in [7, 11) is 0. The summed E-state index contributed by atoms with van der Waals surface area (Å²) in [6.07, 6.45) is 14.5. The number of phenols is 2. The molecule has 33 heavy (non-hydrogen) atoms. The SMILES string of the molecule is C=C(C)[C@H]1CCC(COC(C)=O)=C[C@@H]1c1c(O)cc(C2(CCCCCC)CCCC2)cc1O. The van der Waals surface area contributed by atoms with Gasteiger partial charge in [0, 0.05) is 18.4 Å². The summed E-state index contributed by atoms with van der Waals surface area (Å²) in [6.45, 7) is 10.1. The zero-order chi connectivity index (χ0) is 24.0. The second-order valence-corrected chi connectivity index (χ2v) is 10.3. The van der Waals surface area contributed by atoms with Crippen molar-refractivity contribution in [3.8, 4) is 11.5 Å². The van der Waals surface area contributed by atoms with Crippen molar-refractivity contribution in [3.63, 3.8) is 0 Å². The minimum absolute atomic E-state index is 0.0673. The highest BCUT2D eigenvalue weighted by Gasteiger charge is 2.37. The van der Waals surface area contributed by atoms with Gasteiger partial charge in [0.1, 0.15) is 18.1 Å². The summed E-state index contributed by atoms with van der Waals surface area (Å²) in [4.78, 5) is 11.3. The first-order valence-corrected chi connectivity index (χ1v) is 12.8. The number of benzene rings is 1. The lowest BCUT2D eigenvalue weighted by atomic mass is 9.71. The van der Waals surface area contributed by atoms with Crippen LogP contribution < -0.4 is 0 Å². The van der Waals surface area contributed by atoms with Crippen LogP contribution in [0.1, 0.15) is 108 Å². The topological polar surface area (TPSA) is 66.8 Å². The quantitative estimate of drug-likeness (QED) is 0.219. The van der Waals surface area contributed by atoms with Crippen LogP contribution in [0, 0.1) is 5.92 Å². The Morgan fingerprint density at radius 1 is 1.12 bits per heavy atom. The maximum atomic E-state index is 11.3. The molecule has 0 aliphatic heterocycles. The van der Waals surface area contributed by atoms with E-state index in [2.05, 4.69) is 19.6 Å². The summed E-state index contributed by atoms with van der Waals surface area (Å²) in [5, 5.41) is 22.4. The van der Waals surface area contributed by atoms with Crippen LogP contribution in [0.25, 0.3) is 0 Å². The fourth-order valence-corrected chi connectivity index (χ4v) is 6.02. The van der Waals surface area contributed by atoms with E-state index >= 15 is 0 Å². The van der Waals surface area contributed by atoms with E-state index in [1.54, 1.807) is 0 Å². The average molecular weight is 455 g/mol. The molecule has 3 rings (SSSR count). The van der Waals surface area contributed by atoms with Gasteiger partial charge in [0.25, 0.3) is 0 Å². The Labute approximate surface area is 199 Å². The van der Waals surface area contributed by atoms with E-state index in [1.165, 1.54) is 45.4 Å². The maximum absolute atomic E-state index is 11.3. The minimum Gasteiger partial charge on any atom is -0.507 e. The monoisotopic (exact) mass is 454 g/mol. The molecule has 0 unspecified atom stereocenters. The van der Waals surface area contributed by atoms with Gasteiger partial charge >= 0.3 is 5.97 Å². The van der Waals surface area contributed by atoms with Crippen LogP contribution >= 0.6 is 0 Å². The van der Waals surface area contributed by atoms with E-state index in [0.717, 1.165) is 48.8 Å². The van der Waals surface area contributed by atoms with Gasteiger partial charge in [0.2, 0.25) is 0 Å². The standard InChI is InChI=1S/C29H42O4/c1-5-6-7-8-13-29(14-9-10-15-29)23-17-26(31)28(27(32)18-23)25-16-22(19-33-21(4)30)11-12-24(25)20(2)3/h16-18,24-25,31-32H,2,5-15,19H2,1,3-4H3/t24-,25+/m1/s1. The van der Waals surface area contributed by atoms with Crippen molar-refractivity contribution in [2.75, 3.05) is 6.61 Å². The highest BCUT2D eigenvalue weighted by molar-refractivity contribution is 5.66. The zero-order valence-corrected chi connectivity index (χ0v) is 20.8. The molecule has 2 aliphatic carbocycles. The van der Waals surface area contributed by atoms with E-state index in [9.17, 15) is 15.0 Å². The third-order valence-electron chi connectivity index (χ3n) is 7.87. The number of esters is 1. The van der Waals surface area contributed by atoms with Gasteiger partial charge in [0.05, 0.1) is 0 Å². The lowest BCUT2D eigenvalue weighted by Crippen LogP contribution is -2.23. The fraction of sp³-hybridized carbons (Fsp3) is 0.621. The first kappa shape index (κ1) is 25.4. The molecule has 4 heteroatoms. The Morgan fingerprint density at radius 3 is 2.36 bits per heavy atom. The molecule has 1 aromatic rings. The Hall–Kier alpha value is -2.23. The summed E-state index contributed by atoms with van der Waals surface area (Å²) >= 11 is 0.